The number of hydrogen-bond acceptors (Lipinski definition) is 5. The van der Waals surface area contributed by atoms with Gasteiger partial charge >= 0.3 is 0 Å². The van der Waals surface area contributed by atoms with Gasteiger partial charge in [0.25, 0.3) is 0 Å². The molecule has 0 saturated heterocycles. The Hall–Kier alpha value is -3.67. The fourth-order valence-electron chi connectivity index (χ4n) is 2.68. The molecule has 0 N–H and O–H groups in total. The summed E-state index contributed by atoms with van der Waals surface area (Å²) < 4.78 is 11.2. The number of amides is 1. The highest BCUT2D eigenvalue weighted by atomic mass is 16.5. The van der Waals surface area contributed by atoms with Crippen LogP contribution in [0.5, 0.6) is 11.5 Å². The molecule has 0 atom stereocenters. The highest BCUT2D eigenvalue weighted by Crippen LogP contribution is 2.26. The van der Waals surface area contributed by atoms with Gasteiger partial charge in [-0.25, -0.2) is 0 Å². The minimum atomic E-state index is -0.118. The van der Waals surface area contributed by atoms with Gasteiger partial charge in [0.15, 0.2) is 0 Å². The monoisotopic (exact) mass is 389 g/mol. The SMILES string of the molecule is COc1ccc(OCc2ccccn2)c(/C=C/C(=O)N(C)Cc2cccnc2)c1. The lowest BCUT2D eigenvalue weighted by molar-refractivity contribution is -0.125. The highest BCUT2D eigenvalue weighted by Gasteiger charge is 2.08. The molecule has 148 valence electrons. The van der Waals surface area contributed by atoms with E-state index in [1.54, 1.807) is 43.7 Å². The van der Waals surface area contributed by atoms with E-state index in [9.17, 15) is 4.79 Å². The maximum absolute atomic E-state index is 12.5. The predicted molar refractivity (Wildman–Crippen MR) is 111 cm³/mol. The molecule has 0 unspecified atom stereocenters. The molecule has 0 spiro atoms. The smallest absolute Gasteiger partial charge is 0.246 e. The third kappa shape index (κ3) is 5.90. The molecule has 2 aromatic heterocycles. The summed E-state index contributed by atoms with van der Waals surface area (Å²) in [6.45, 7) is 0.820. The third-order valence-corrected chi connectivity index (χ3v) is 4.24. The third-order valence-electron chi connectivity index (χ3n) is 4.24. The van der Waals surface area contributed by atoms with Gasteiger partial charge in [0.1, 0.15) is 18.1 Å². The standard InChI is InChI=1S/C23H23N3O3/c1-26(16-18-6-5-12-24-15-18)23(27)11-8-19-14-21(28-2)9-10-22(19)29-17-20-7-3-4-13-25-20/h3-15H,16-17H2,1-2H3/b11-8+. The summed E-state index contributed by atoms with van der Waals surface area (Å²) in [6.07, 6.45) is 8.45. The Labute approximate surface area is 170 Å². The first-order valence-corrected chi connectivity index (χ1v) is 9.18. The molecule has 1 aromatic carbocycles. The summed E-state index contributed by atoms with van der Waals surface area (Å²) in [4.78, 5) is 22.5. The zero-order chi connectivity index (χ0) is 20.5. The summed E-state index contributed by atoms with van der Waals surface area (Å²) in [7, 11) is 3.35. The van der Waals surface area contributed by atoms with Crippen molar-refractivity contribution in [3.63, 3.8) is 0 Å². The maximum atomic E-state index is 12.5. The fraction of sp³-hybridized carbons (Fsp3) is 0.174. The topological polar surface area (TPSA) is 64.6 Å². The highest BCUT2D eigenvalue weighted by molar-refractivity contribution is 5.92. The summed E-state index contributed by atoms with van der Waals surface area (Å²) in [5.41, 5.74) is 2.55. The van der Waals surface area contributed by atoms with Crippen LogP contribution in [0.3, 0.4) is 0 Å². The molecule has 3 rings (SSSR count). The Balaban J connectivity index is 1.71. The first-order chi connectivity index (χ1) is 14.2. The molecule has 2 heterocycles. The van der Waals surface area contributed by atoms with Crippen molar-refractivity contribution in [3.8, 4) is 11.5 Å². The number of rotatable bonds is 8. The number of hydrogen-bond donors (Lipinski definition) is 0. The predicted octanol–water partition coefficient (Wildman–Crippen LogP) is 3.74. The van der Waals surface area contributed by atoms with Crippen molar-refractivity contribution in [2.75, 3.05) is 14.2 Å². The summed E-state index contributed by atoms with van der Waals surface area (Å²) in [5, 5.41) is 0. The fourth-order valence-corrected chi connectivity index (χ4v) is 2.68. The number of ether oxygens (including phenoxy) is 2. The van der Waals surface area contributed by atoms with Crippen LogP contribution >= 0.6 is 0 Å². The van der Waals surface area contributed by atoms with Gasteiger partial charge in [0.2, 0.25) is 5.91 Å². The molecule has 3 aromatic rings. The van der Waals surface area contributed by atoms with Gasteiger partial charge in [0, 0.05) is 43.8 Å². The van der Waals surface area contributed by atoms with Gasteiger partial charge < -0.3 is 14.4 Å². The normalized spacial score (nSPS) is 10.7. The lowest BCUT2D eigenvalue weighted by Crippen LogP contribution is -2.24. The molecule has 0 aliphatic heterocycles. The van der Waals surface area contributed by atoms with Crippen molar-refractivity contribution in [2.45, 2.75) is 13.2 Å². The van der Waals surface area contributed by atoms with Crippen molar-refractivity contribution >= 4 is 12.0 Å². The van der Waals surface area contributed by atoms with Crippen molar-refractivity contribution < 1.29 is 14.3 Å². The van der Waals surface area contributed by atoms with Crippen molar-refractivity contribution in [2.24, 2.45) is 0 Å². The zero-order valence-electron chi connectivity index (χ0n) is 16.5. The van der Waals surface area contributed by atoms with Gasteiger partial charge in [-0.15, -0.1) is 0 Å². The molecule has 0 radical (unpaired) electrons. The lowest BCUT2D eigenvalue weighted by atomic mass is 10.1. The Kier molecular flexibility index (Phi) is 6.95. The van der Waals surface area contributed by atoms with E-state index in [2.05, 4.69) is 9.97 Å². The van der Waals surface area contributed by atoms with Gasteiger partial charge in [-0.05, 0) is 48.0 Å². The number of carbonyl (C=O) groups is 1. The van der Waals surface area contributed by atoms with E-state index in [1.807, 2.05) is 48.5 Å². The van der Waals surface area contributed by atoms with Crippen LogP contribution in [0.2, 0.25) is 0 Å². The van der Waals surface area contributed by atoms with Crippen LogP contribution in [-0.2, 0) is 17.9 Å². The molecule has 1 amide bonds. The van der Waals surface area contributed by atoms with E-state index in [4.69, 9.17) is 9.47 Å². The second-order valence-electron chi connectivity index (χ2n) is 6.40. The Morgan fingerprint density at radius 3 is 2.76 bits per heavy atom. The van der Waals surface area contributed by atoms with Gasteiger partial charge in [0.05, 0.1) is 12.8 Å². The molecule has 29 heavy (non-hydrogen) atoms. The lowest BCUT2D eigenvalue weighted by Gasteiger charge is -2.15. The number of carbonyl (C=O) groups excluding carboxylic acids is 1. The number of likely N-dealkylation sites (N-methyl/N-ethyl adjacent to an activating group) is 1. The molecule has 0 saturated carbocycles. The number of pyridine rings is 2. The molecule has 0 bridgehead atoms. The number of methoxy groups -OCH3 is 1. The van der Waals surface area contributed by atoms with E-state index in [0.717, 1.165) is 16.8 Å². The first-order valence-electron chi connectivity index (χ1n) is 9.18. The van der Waals surface area contributed by atoms with Crippen molar-refractivity contribution in [1.29, 1.82) is 0 Å². The molecule has 0 aliphatic rings. The van der Waals surface area contributed by atoms with Gasteiger partial charge in [-0.3, -0.25) is 14.8 Å². The van der Waals surface area contributed by atoms with E-state index in [-0.39, 0.29) is 5.91 Å². The molecule has 6 heteroatoms. The minimum Gasteiger partial charge on any atom is -0.497 e. The summed E-state index contributed by atoms with van der Waals surface area (Å²) >= 11 is 0. The molecule has 0 fully saturated rings. The quantitative estimate of drug-likeness (QED) is 0.549. The van der Waals surface area contributed by atoms with E-state index < -0.39 is 0 Å². The van der Waals surface area contributed by atoms with Gasteiger partial charge in [-0.2, -0.15) is 0 Å². The van der Waals surface area contributed by atoms with Crippen LogP contribution < -0.4 is 9.47 Å². The molecule has 6 nitrogen and oxygen atoms in total. The van der Waals surface area contributed by atoms with Crippen LogP contribution in [0, 0.1) is 0 Å². The van der Waals surface area contributed by atoms with Gasteiger partial charge in [-0.1, -0.05) is 12.1 Å². The number of aromatic nitrogens is 2. The van der Waals surface area contributed by atoms with Crippen LogP contribution in [0.1, 0.15) is 16.8 Å². The molecule has 0 aliphatic carbocycles. The average Bonchev–Trinajstić information content (AvgIpc) is 2.77. The number of nitrogens with zero attached hydrogens (tertiary/aromatic N) is 3. The van der Waals surface area contributed by atoms with Crippen LogP contribution in [0.15, 0.2) is 73.2 Å². The second-order valence-corrected chi connectivity index (χ2v) is 6.40. The van der Waals surface area contributed by atoms with Crippen molar-refractivity contribution in [3.05, 3.63) is 90.0 Å². The maximum Gasteiger partial charge on any atom is 0.246 e. The average molecular weight is 389 g/mol. The van der Waals surface area contributed by atoms with Crippen LogP contribution in [0.25, 0.3) is 6.08 Å². The zero-order valence-corrected chi connectivity index (χ0v) is 16.5. The Morgan fingerprint density at radius 1 is 1.14 bits per heavy atom. The van der Waals surface area contributed by atoms with Crippen molar-refractivity contribution in [1.82, 2.24) is 14.9 Å². The molecular weight excluding hydrogens is 366 g/mol. The van der Waals surface area contributed by atoms with E-state index >= 15 is 0 Å². The summed E-state index contributed by atoms with van der Waals surface area (Å²) in [6, 6.07) is 14.9. The largest absolute Gasteiger partial charge is 0.497 e. The second kappa shape index (κ2) is 10.0. The Morgan fingerprint density at radius 2 is 2.03 bits per heavy atom. The minimum absolute atomic E-state index is 0.118. The summed E-state index contributed by atoms with van der Waals surface area (Å²) in [5.74, 6) is 1.22. The Bertz CT molecular complexity index is 960. The molecular formula is C23H23N3O3. The van der Waals surface area contributed by atoms with Crippen LogP contribution in [-0.4, -0.2) is 34.9 Å². The van der Waals surface area contributed by atoms with Crippen LogP contribution in [0.4, 0.5) is 0 Å². The van der Waals surface area contributed by atoms with E-state index in [1.165, 1.54) is 6.08 Å². The van der Waals surface area contributed by atoms with E-state index in [0.29, 0.717) is 24.7 Å². The first kappa shape index (κ1) is 20.1. The number of benzene rings is 1.